The maximum atomic E-state index is 11.2. The second-order valence-electron chi connectivity index (χ2n) is 4.11. The number of carbonyl (C=O) groups is 1. The van der Waals surface area contributed by atoms with Crippen molar-refractivity contribution in [1.82, 2.24) is 0 Å². The van der Waals surface area contributed by atoms with Gasteiger partial charge in [0.15, 0.2) is 0 Å². The zero-order valence-corrected chi connectivity index (χ0v) is 12.0. The number of ether oxygens (including phenoxy) is 2. The largest absolute Gasteiger partial charge is 0.492 e. The number of hydrogen-bond acceptors (Lipinski definition) is 4. The van der Waals surface area contributed by atoms with E-state index in [1.165, 1.54) is 7.11 Å². The molecule has 100 valence electrons. The molecule has 0 aliphatic rings. The van der Waals surface area contributed by atoms with Gasteiger partial charge in [-0.15, -0.1) is 0 Å². The highest BCUT2D eigenvalue weighted by Crippen LogP contribution is 2.17. The minimum absolute atomic E-state index is 0.0570. The summed E-state index contributed by atoms with van der Waals surface area (Å²) in [7, 11) is 1.42. The lowest BCUT2D eigenvalue weighted by molar-refractivity contribution is -0.143. The van der Waals surface area contributed by atoms with E-state index in [2.05, 4.69) is 4.74 Å². The molecule has 1 rings (SSSR count). The van der Waals surface area contributed by atoms with Crippen LogP contribution in [0, 0.1) is 12.8 Å². The van der Waals surface area contributed by atoms with Crippen molar-refractivity contribution in [2.24, 2.45) is 5.92 Å². The highest BCUT2D eigenvalue weighted by Gasteiger charge is 2.12. The van der Waals surface area contributed by atoms with E-state index in [4.69, 9.17) is 4.74 Å². The summed E-state index contributed by atoms with van der Waals surface area (Å²) >= 11 is 1.70. The van der Waals surface area contributed by atoms with E-state index in [0.717, 1.165) is 22.8 Å². The van der Waals surface area contributed by atoms with Crippen molar-refractivity contribution in [2.45, 2.75) is 13.8 Å². The van der Waals surface area contributed by atoms with Crippen molar-refractivity contribution in [1.29, 1.82) is 0 Å². The fourth-order valence-electron chi connectivity index (χ4n) is 1.46. The summed E-state index contributed by atoms with van der Waals surface area (Å²) in [6.45, 7) is 4.56. The SMILES string of the molecule is COC(=O)C(C)CSCCOc1ccccc1C. The Morgan fingerprint density at radius 3 is 2.78 bits per heavy atom. The molecule has 1 aromatic rings. The van der Waals surface area contributed by atoms with E-state index < -0.39 is 0 Å². The number of para-hydroxylation sites is 1. The molecule has 0 fully saturated rings. The van der Waals surface area contributed by atoms with Crippen LogP contribution in [0.4, 0.5) is 0 Å². The molecule has 0 N–H and O–H groups in total. The molecular formula is C14H20O3S. The van der Waals surface area contributed by atoms with Crippen LogP contribution in [0.3, 0.4) is 0 Å². The molecule has 0 aliphatic heterocycles. The highest BCUT2D eigenvalue weighted by molar-refractivity contribution is 7.99. The Kier molecular flexibility index (Phi) is 6.65. The Morgan fingerprint density at radius 1 is 1.39 bits per heavy atom. The van der Waals surface area contributed by atoms with Gasteiger partial charge in [-0.25, -0.2) is 0 Å². The molecule has 3 nitrogen and oxygen atoms in total. The molecule has 4 heteroatoms. The van der Waals surface area contributed by atoms with E-state index in [0.29, 0.717) is 6.61 Å². The van der Waals surface area contributed by atoms with Gasteiger partial charge in [-0.2, -0.15) is 11.8 Å². The van der Waals surface area contributed by atoms with Crippen molar-refractivity contribution in [3.8, 4) is 5.75 Å². The Bertz CT molecular complexity index is 379. The number of esters is 1. The molecule has 1 aromatic carbocycles. The van der Waals surface area contributed by atoms with Crippen LogP contribution in [0.25, 0.3) is 0 Å². The first-order valence-corrected chi connectivity index (χ1v) is 7.14. The summed E-state index contributed by atoms with van der Waals surface area (Å²) in [6, 6.07) is 7.96. The molecule has 18 heavy (non-hydrogen) atoms. The second-order valence-corrected chi connectivity index (χ2v) is 5.26. The molecule has 0 radical (unpaired) electrons. The predicted molar refractivity (Wildman–Crippen MR) is 75.2 cm³/mol. The van der Waals surface area contributed by atoms with Crippen molar-refractivity contribution < 1.29 is 14.3 Å². The number of aryl methyl sites for hydroxylation is 1. The monoisotopic (exact) mass is 268 g/mol. The molecule has 1 unspecified atom stereocenters. The molecule has 0 aliphatic carbocycles. The minimum atomic E-state index is -0.151. The number of hydrogen-bond donors (Lipinski definition) is 0. The topological polar surface area (TPSA) is 35.5 Å². The molecule has 0 amide bonds. The van der Waals surface area contributed by atoms with Crippen LogP contribution in [-0.2, 0) is 9.53 Å². The molecule has 0 aromatic heterocycles. The molecular weight excluding hydrogens is 248 g/mol. The van der Waals surface area contributed by atoms with Crippen molar-refractivity contribution in [2.75, 3.05) is 25.2 Å². The zero-order chi connectivity index (χ0) is 13.4. The number of thioether (sulfide) groups is 1. The molecule has 1 atom stereocenters. The van der Waals surface area contributed by atoms with Gasteiger partial charge in [0.1, 0.15) is 5.75 Å². The number of carbonyl (C=O) groups excluding carboxylic acids is 1. The summed E-state index contributed by atoms with van der Waals surface area (Å²) < 4.78 is 10.3. The second kappa shape index (κ2) is 8.03. The van der Waals surface area contributed by atoms with Gasteiger partial charge < -0.3 is 9.47 Å². The van der Waals surface area contributed by atoms with E-state index in [1.54, 1.807) is 11.8 Å². The van der Waals surface area contributed by atoms with Gasteiger partial charge >= 0.3 is 5.97 Å². The van der Waals surface area contributed by atoms with Gasteiger partial charge in [-0.1, -0.05) is 25.1 Å². The summed E-state index contributed by atoms with van der Waals surface area (Å²) in [5, 5.41) is 0. The van der Waals surface area contributed by atoms with Gasteiger partial charge in [-0.3, -0.25) is 4.79 Å². The predicted octanol–water partition coefficient (Wildman–Crippen LogP) is 2.92. The maximum absolute atomic E-state index is 11.2. The standard InChI is InChI=1S/C14H20O3S/c1-11-6-4-5-7-13(11)17-8-9-18-10-12(2)14(15)16-3/h4-7,12H,8-10H2,1-3H3. The molecule has 0 spiro atoms. The average Bonchev–Trinajstić information content (AvgIpc) is 2.39. The quantitative estimate of drug-likeness (QED) is 0.562. The van der Waals surface area contributed by atoms with Gasteiger partial charge in [0.25, 0.3) is 0 Å². The van der Waals surface area contributed by atoms with Crippen molar-refractivity contribution in [3.63, 3.8) is 0 Å². The lowest BCUT2D eigenvalue weighted by Gasteiger charge is -2.10. The van der Waals surface area contributed by atoms with Gasteiger partial charge in [0.05, 0.1) is 19.6 Å². The number of benzene rings is 1. The fraction of sp³-hybridized carbons (Fsp3) is 0.500. The van der Waals surface area contributed by atoms with Crippen molar-refractivity contribution >= 4 is 17.7 Å². The van der Waals surface area contributed by atoms with Crippen LogP contribution < -0.4 is 4.74 Å². The fourth-order valence-corrected chi connectivity index (χ4v) is 2.32. The normalized spacial score (nSPS) is 11.9. The Hall–Kier alpha value is -1.16. The molecule has 0 heterocycles. The zero-order valence-electron chi connectivity index (χ0n) is 11.1. The van der Waals surface area contributed by atoms with Crippen LogP contribution in [0.5, 0.6) is 5.75 Å². The van der Waals surface area contributed by atoms with E-state index in [9.17, 15) is 4.79 Å². The smallest absolute Gasteiger partial charge is 0.309 e. The third kappa shape index (κ3) is 5.00. The molecule has 0 bridgehead atoms. The Morgan fingerprint density at radius 2 is 2.11 bits per heavy atom. The number of methoxy groups -OCH3 is 1. The van der Waals surface area contributed by atoms with Crippen molar-refractivity contribution in [3.05, 3.63) is 29.8 Å². The van der Waals surface area contributed by atoms with E-state index >= 15 is 0 Å². The van der Waals surface area contributed by atoms with Crippen LogP contribution in [0.1, 0.15) is 12.5 Å². The third-order valence-electron chi connectivity index (χ3n) is 2.55. The van der Waals surface area contributed by atoms with Gasteiger partial charge in [0, 0.05) is 11.5 Å². The lowest BCUT2D eigenvalue weighted by atomic mass is 10.2. The lowest BCUT2D eigenvalue weighted by Crippen LogP contribution is -2.15. The van der Waals surface area contributed by atoms with Crippen LogP contribution in [-0.4, -0.2) is 31.2 Å². The van der Waals surface area contributed by atoms with E-state index in [-0.39, 0.29) is 11.9 Å². The minimum Gasteiger partial charge on any atom is -0.492 e. The summed E-state index contributed by atoms with van der Waals surface area (Å²) in [5.74, 6) is 2.36. The first kappa shape index (κ1) is 14.9. The Labute approximate surface area is 113 Å². The first-order chi connectivity index (χ1) is 8.65. The highest BCUT2D eigenvalue weighted by atomic mass is 32.2. The molecule has 0 saturated heterocycles. The first-order valence-electron chi connectivity index (χ1n) is 5.99. The summed E-state index contributed by atoms with van der Waals surface area (Å²) in [4.78, 5) is 11.2. The average molecular weight is 268 g/mol. The van der Waals surface area contributed by atoms with Gasteiger partial charge in [0.2, 0.25) is 0 Å². The van der Waals surface area contributed by atoms with E-state index in [1.807, 2.05) is 38.1 Å². The molecule has 0 saturated carbocycles. The maximum Gasteiger partial charge on any atom is 0.309 e. The summed E-state index contributed by atoms with van der Waals surface area (Å²) in [6.07, 6.45) is 0. The van der Waals surface area contributed by atoms with Crippen LogP contribution >= 0.6 is 11.8 Å². The van der Waals surface area contributed by atoms with Crippen LogP contribution in [0.2, 0.25) is 0 Å². The van der Waals surface area contributed by atoms with Crippen LogP contribution in [0.15, 0.2) is 24.3 Å². The number of rotatable bonds is 7. The summed E-state index contributed by atoms with van der Waals surface area (Å²) in [5.41, 5.74) is 1.14. The Balaban J connectivity index is 2.16. The van der Waals surface area contributed by atoms with Gasteiger partial charge in [-0.05, 0) is 18.6 Å². The third-order valence-corrected chi connectivity index (χ3v) is 3.74.